The Hall–Kier alpha value is -0.390. The molecule has 0 bridgehead atoms. The predicted octanol–water partition coefficient (Wildman–Crippen LogP) is 1.23. The van der Waals surface area contributed by atoms with Crippen molar-refractivity contribution in [3.05, 3.63) is 11.1 Å². The maximum absolute atomic E-state index is 11.4. The van der Waals surface area contributed by atoms with Gasteiger partial charge in [0.15, 0.2) is 0 Å². The normalized spacial score (nSPS) is 27.9. The lowest BCUT2D eigenvalue weighted by Crippen LogP contribution is -2.40. The summed E-state index contributed by atoms with van der Waals surface area (Å²) in [4.78, 5) is 11.4. The van der Waals surface area contributed by atoms with Crippen molar-refractivity contribution in [1.29, 1.82) is 0 Å². The van der Waals surface area contributed by atoms with E-state index < -0.39 is 0 Å². The van der Waals surface area contributed by atoms with Crippen molar-refractivity contribution in [3.63, 3.8) is 0 Å². The molecule has 2 aliphatic heterocycles. The molecule has 2 unspecified atom stereocenters. The van der Waals surface area contributed by atoms with E-state index in [4.69, 9.17) is 4.74 Å². The first-order chi connectivity index (χ1) is 7.31. The largest absolute Gasteiger partial charge is 0.461 e. The van der Waals surface area contributed by atoms with E-state index in [2.05, 4.69) is 10.6 Å². The molecular weight excluding hydrogens is 248 g/mol. The van der Waals surface area contributed by atoms with Gasteiger partial charge in [-0.2, -0.15) is 0 Å². The Morgan fingerprint density at radius 1 is 1.69 bits per heavy atom. The molecule has 2 atom stereocenters. The lowest BCUT2D eigenvalue weighted by molar-refractivity contribution is -0.138. The van der Waals surface area contributed by atoms with Crippen LogP contribution in [0.4, 0.5) is 0 Å². The molecule has 0 aromatic heterocycles. The molecule has 0 amide bonds. The highest BCUT2D eigenvalue weighted by Gasteiger charge is 2.30. The molecule has 2 rings (SSSR count). The predicted molar refractivity (Wildman–Crippen MR) is 67.5 cm³/mol. The zero-order valence-corrected chi connectivity index (χ0v) is 10.8. The van der Waals surface area contributed by atoms with E-state index in [0.717, 1.165) is 6.54 Å². The average Bonchev–Trinajstić information content (AvgIpc) is 2.89. The summed E-state index contributed by atoms with van der Waals surface area (Å²) in [6.07, 6.45) is 2.40. The van der Waals surface area contributed by atoms with Crippen molar-refractivity contribution in [2.75, 3.05) is 13.2 Å². The second-order valence-corrected chi connectivity index (χ2v) is 4.67. The average molecular weight is 265 g/mol. The van der Waals surface area contributed by atoms with Crippen LogP contribution >= 0.6 is 24.2 Å². The molecule has 4 nitrogen and oxygen atoms in total. The van der Waals surface area contributed by atoms with Crippen LogP contribution in [0.3, 0.4) is 0 Å². The van der Waals surface area contributed by atoms with Gasteiger partial charge < -0.3 is 15.4 Å². The smallest absolute Gasteiger partial charge is 0.354 e. The zero-order chi connectivity index (χ0) is 10.7. The molecule has 0 saturated carbocycles. The third-order valence-corrected chi connectivity index (χ3v) is 3.70. The number of halogens is 1. The minimum Gasteiger partial charge on any atom is -0.461 e. The number of ether oxygens (including phenoxy) is 1. The van der Waals surface area contributed by atoms with Crippen LogP contribution in [0.15, 0.2) is 11.1 Å². The van der Waals surface area contributed by atoms with Crippen LogP contribution in [-0.4, -0.2) is 30.5 Å². The highest BCUT2D eigenvalue weighted by molar-refractivity contribution is 8.03. The summed E-state index contributed by atoms with van der Waals surface area (Å²) < 4.78 is 4.93. The maximum atomic E-state index is 11.4. The number of hydrogen-bond donors (Lipinski definition) is 2. The van der Waals surface area contributed by atoms with Crippen molar-refractivity contribution in [3.8, 4) is 0 Å². The molecule has 0 aromatic rings. The van der Waals surface area contributed by atoms with Gasteiger partial charge in [0.05, 0.1) is 12.0 Å². The maximum Gasteiger partial charge on any atom is 0.354 e. The fraction of sp³-hybridized carbons (Fsp3) is 0.700. The van der Waals surface area contributed by atoms with Gasteiger partial charge in [0.2, 0.25) is 0 Å². The number of thioether (sulfide) groups is 1. The number of rotatable bonds is 3. The summed E-state index contributed by atoms with van der Waals surface area (Å²) in [7, 11) is 0. The second-order valence-electron chi connectivity index (χ2n) is 3.66. The highest BCUT2D eigenvalue weighted by Crippen LogP contribution is 2.27. The number of esters is 1. The second kappa shape index (κ2) is 6.37. The summed E-state index contributed by atoms with van der Waals surface area (Å²) in [6, 6.07) is 0.471. The Morgan fingerprint density at radius 2 is 2.50 bits per heavy atom. The van der Waals surface area contributed by atoms with Crippen LogP contribution in [0, 0.1) is 0 Å². The molecule has 0 spiro atoms. The van der Waals surface area contributed by atoms with Gasteiger partial charge in [-0.1, -0.05) is 0 Å². The molecule has 0 radical (unpaired) electrons. The summed E-state index contributed by atoms with van der Waals surface area (Å²) in [6.45, 7) is 3.32. The highest BCUT2D eigenvalue weighted by atomic mass is 35.5. The van der Waals surface area contributed by atoms with E-state index in [-0.39, 0.29) is 23.8 Å². The number of nitrogens with one attached hydrogen (secondary N) is 2. The van der Waals surface area contributed by atoms with Crippen LogP contribution in [0.1, 0.15) is 19.8 Å². The molecule has 1 fully saturated rings. The first-order valence-corrected chi connectivity index (χ1v) is 6.28. The Bertz CT molecular complexity index is 280. The van der Waals surface area contributed by atoms with Crippen LogP contribution in [-0.2, 0) is 9.53 Å². The van der Waals surface area contributed by atoms with Crippen LogP contribution < -0.4 is 10.6 Å². The summed E-state index contributed by atoms with van der Waals surface area (Å²) in [5.41, 5.74) is 0.598. The van der Waals surface area contributed by atoms with Gasteiger partial charge in [-0.25, -0.2) is 4.79 Å². The van der Waals surface area contributed by atoms with E-state index >= 15 is 0 Å². The molecule has 2 heterocycles. The minimum atomic E-state index is -0.245. The van der Waals surface area contributed by atoms with Crippen molar-refractivity contribution in [2.24, 2.45) is 0 Å². The Labute approximate surface area is 106 Å². The fourth-order valence-electron chi connectivity index (χ4n) is 1.84. The topological polar surface area (TPSA) is 50.4 Å². The number of carbonyl (C=O) groups is 1. The summed E-state index contributed by atoms with van der Waals surface area (Å²) >= 11 is 1.67. The minimum absolute atomic E-state index is 0. The van der Waals surface area contributed by atoms with E-state index in [1.54, 1.807) is 11.8 Å². The monoisotopic (exact) mass is 264 g/mol. The van der Waals surface area contributed by atoms with Gasteiger partial charge in [0.1, 0.15) is 5.70 Å². The molecule has 92 valence electrons. The van der Waals surface area contributed by atoms with Gasteiger partial charge in [-0.3, -0.25) is 0 Å². The molecule has 0 aromatic carbocycles. The SMILES string of the molecule is CCOC(=O)C1=CSC(C2CCCN2)N1.Cl. The molecule has 2 aliphatic rings. The Kier molecular flexibility index (Phi) is 5.44. The quantitative estimate of drug-likeness (QED) is 0.751. The van der Waals surface area contributed by atoms with E-state index in [1.807, 2.05) is 12.3 Å². The van der Waals surface area contributed by atoms with Crippen molar-refractivity contribution in [1.82, 2.24) is 10.6 Å². The first kappa shape index (κ1) is 13.7. The van der Waals surface area contributed by atoms with Gasteiger partial charge >= 0.3 is 5.97 Å². The summed E-state index contributed by atoms with van der Waals surface area (Å²) in [5.74, 6) is -0.245. The fourth-order valence-corrected chi connectivity index (χ4v) is 2.91. The van der Waals surface area contributed by atoms with E-state index in [9.17, 15) is 4.79 Å². The van der Waals surface area contributed by atoms with Crippen molar-refractivity contribution < 1.29 is 9.53 Å². The lowest BCUT2D eigenvalue weighted by Gasteiger charge is -2.19. The van der Waals surface area contributed by atoms with Gasteiger partial charge in [0, 0.05) is 11.4 Å². The third kappa shape index (κ3) is 3.06. The van der Waals surface area contributed by atoms with Gasteiger partial charge in [0.25, 0.3) is 0 Å². The summed E-state index contributed by atoms with van der Waals surface area (Å²) in [5, 5.41) is 8.77. The van der Waals surface area contributed by atoms with E-state index in [1.165, 1.54) is 12.8 Å². The molecule has 1 saturated heterocycles. The third-order valence-electron chi connectivity index (χ3n) is 2.59. The van der Waals surface area contributed by atoms with E-state index in [0.29, 0.717) is 18.3 Å². The standard InChI is InChI=1S/C10H16N2O2S.ClH/c1-2-14-10(13)8-6-15-9(12-8)7-4-3-5-11-7;/h6-7,9,11-12H,2-5H2,1H3;1H. The Balaban J connectivity index is 0.00000128. The number of carbonyl (C=O) groups excluding carboxylic acids is 1. The molecule has 6 heteroatoms. The Morgan fingerprint density at radius 3 is 3.12 bits per heavy atom. The van der Waals surface area contributed by atoms with Crippen molar-refractivity contribution in [2.45, 2.75) is 31.2 Å². The molecule has 0 aliphatic carbocycles. The number of hydrogen-bond acceptors (Lipinski definition) is 5. The van der Waals surface area contributed by atoms with Crippen LogP contribution in [0.25, 0.3) is 0 Å². The lowest BCUT2D eigenvalue weighted by atomic mass is 10.2. The van der Waals surface area contributed by atoms with Gasteiger partial charge in [-0.05, 0) is 26.3 Å². The molecule has 2 N–H and O–H groups in total. The van der Waals surface area contributed by atoms with Crippen LogP contribution in [0.2, 0.25) is 0 Å². The molecule has 16 heavy (non-hydrogen) atoms. The first-order valence-electron chi connectivity index (χ1n) is 5.34. The van der Waals surface area contributed by atoms with Crippen molar-refractivity contribution >= 4 is 30.1 Å². The van der Waals surface area contributed by atoms with Gasteiger partial charge in [-0.15, -0.1) is 24.2 Å². The van der Waals surface area contributed by atoms with Crippen LogP contribution in [0.5, 0.6) is 0 Å². The molecular formula is C10H17ClN2O2S. The zero-order valence-electron chi connectivity index (χ0n) is 9.19.